The minimum absolute atomic E-state index is 0.385. The maximum Gasteiger partial charge on any atom is 0.344 e. The molecule has 1 heterocycles. The molecule has 4 heteroatoms. The summed E-state index contributed by atoms with van der Waals surface area (Å²) in [6.07, 6.45) is 0. The molecule has 0 saturated carbocycles. The maximum atomic E-state index is 12.2. The Morgan fingerprint density at radius 3 is 2.43 bits per heavy atom. The van der Waals surface area contributed by atoms with Crippen LogP contribution in [0.4, 0.5) is 0 Å². The highest BCUT2D eigenvalue weighted by atomic mass is 16.5. The molecule has 0 saturated heterocycles. The highest BCUT2D eigenvalue weighted by molar-refractivity contribution is 5.82. The summed E-state index contributed by atoms with van der Waals surface area (Å²) in [5.74, 6) is 1.35. The van der Waals surface area contributed by atoms with E-state index in [4.69, 9.17) is 13.9 Å². The molecular formula is C17H14O4. The summed E-state index contributed by atoms with van der Waals surface area (Å²) < 4.78 is 15.7. The van der Waals surface area contributed by atoms with E-state index in [1.807, 2.05) is 42.5 Å². The molecule has 2 aromatic carbocycles. The van der Waals surface area contributed by atoms with Crippen LogP contribution in [0.15, 0.2) is 57.7 Å². The maximum absolute atomic E-state index is 12.2. The zero-order valence-corrected chi connectivity index (χ0v) is 11.8. The van der Waals surface area contributed by atoms with Crippen molar-refractivity contribution < 1.29 is 13.9 Å². The highest BCUT2D eigenvalue weighted by Gasteiger charge is 2.09. The molecule has 21 heavy (non-hydrogen) atoms. The Hall–Kier alpha value is -2.75. The van der Waals surface area contributed by atoms with Gasteiger partial charge in [0.05, 0.1) is 19.8 Å². The number of ether oxygens (including phenoxy) is 2. The van der Waals surface area contributed by atoms with Gasteiger partial charge >= 0.3 is 5.63 Å². The molecule has 4 nitrogen and oxygen atoms in total. The summed E-state index contributed by atoms with van der Waals surface area (Å²) in [7, 11) is 3.16. The van der Waals surface area contributed by atoms with Gasteiger partial charge in [-0.05, 0) is 35.9 Å². The van der Waals surface area contributed by atoms with Crippen LogP contribution < -0.4 is 15.1 Å². The molecule has 0 spiro atoms. The topological polar surface area (TPSA) is 48.7 Å². The van der Waals surface area contributed by atoms with Gasteiger partial charge in [-0.2, -0.15) is 0 Å². The van der Waals surface area contributed by atoms with E-state index >= 15 is 0 Å². The summed E-state index contributed by atoms with van der Waals surface area (Å²) in [6.45, 7) is 0. The molecule has 0 fully saturated rings. The number of benzene rings is 2. The van der Waals surface area contributed by atoms with Crippen molar-refractivity contribution in [2.75, 3.05) is 14.2 Å². The molecule has 0 amide bonds. The van der Waals surface area contributed by atoms with Crippen molar-refractivity contribution in [1.82, 2.24) is 0 Å². The molecule has 1 aromatic heterocycles. The zero-order valence-electron chi connectivity index (χ0n) is 11.8. The quantitative estimate of drug-likeness (QED) is 0.690. The Morgan fingerprint density at radius 2 is 1.67 bits per heavy atom. The Bertz CT molecular complexity index is 849. The SMILES string of the molecule is COc1cccc(-c2cc3ccc(OC)cc3oc2=O)c1. The molecule has 0 aliphatic heterocycles. The Morgan fingerprint density at radius 1 is 0.905 bits per heavy atom. The zero-order chi connectivity index (χ0) is 14.8. The van der Waals surface area contributed by atoms with Crippen molar-refractivity contribution >= 4 is 11.0 Å². The third-order valence-corrected chi connectivity index (χ3v) is 3.32. The van der Waals surface area contributed by atoms with Crippen molar-refractivity contribution in [2.45, 2.75) is 0 Å². The van der Waals surface area contributed by atoms with Crippen LogP contribution in [0.2, 0.25) is 0 Å². The van der Waals surface area contributed by atoms with Crippen LogP contribution in [-0.2, 0) is 0 Å². The first-order valence-electron chi connectivity index (χ1n) is 6.47. The molecule has 0 aliphatic carbocycles. The van der Waals surface area contributed by atoms with Crippen LogP contribution in [0.3, 0.4) is 0 Å². The molecule has 106 valence electrons. The first-order valence-corrected chi connectivity index (χ1v) is 6.47. The second-order valence-electron chi connectivity index (χ2n) is 4.58. The van der Waals surface area contributed by atoms with Crippen molar-refractivity contribution in [3.05, 3.63) is 59.0 Å². The summed E-state index contributed by atoms with van der Waals surface area (Å²) in [6, 6.07) is 14.5. The minimum atomic E-state index is -0.385. The first kappa shape index (κ1) is 13.2. The van der Waals surface area contributed by atoms with E-state index in [0.29, 0.717) is 22.6 Å². The molecule has 0 N–H and O–H groups in total. The average Bonchev–Trinajstić information content (AvgIpc) is 2.53. The van der Waals surface area contributed by atoms with Crippen molar-refractivity contribution in [3.8, 4) is 22.6 Å². The smallest absolute Gasteiger partial charge is 0.344 e. The molecule has 0 unspecified atom stereocenters. The van der Waals surface area contributed by atoms with Crippen LogP contribution in [0, 0.1) is 0 Å². The monoisotopic (exact) mass is 282 g/mol. The van der Waals surface area contributed by atoms with Gasteiger partial charge in [-0.1, -0.05) is 12.1 Å². The van der Waals surface area contributed by atoms with Gasteiger partial charge in [0, 0.05) is 11.5 Å². The van der Waals surface area contributed by atoms with Gasteiger partial charge in [0.15, 0.2) is 0 Å². The van der Waals surface area contributed by atoms with Crippen LogP contribution in [0.5, 0.6) is 11.5 Å². The largest absolute Gasteiger partial charge is 0.497 e. The summed E-state index contributed by atoms with van der Waals surface area (Å²) in [5.41, 5.74) is 1.39. The van der Waals surface area contributed by atoms with Gasteiger partial charge in [-0.25, -0.2) is 4.79 Å². The number of hydrogen-bond donors (Lipinski definition) is 0. The van der Waals surface area contributed by atoms with Crippen LogP contribution in [-0.4, -0.2) is 14.2 Å². The Labute approximate surface area is 121 Å². The second kappa shape index (κ2) is 5.32. The Kier molecular flexibility index (Phi) is 3.36. The molecule has 3 rings (SSSR count). The molecule has 0 atom stereocenters. The van der Waals surface area contributed by atoms with E-state index in [1.54, 1.807) is 20.3 Å². The Balaban J connectivity index is 2.19. The average molecular weight is 282 g/mol. The van der Waals surface area contributed by atoms with Gasteiger partial charge < -0.3 is 13.9 Å². The lowest BCUT2D eigenvalue weighted by Gasteiger charge is -2.06. The lowest BCUT2D eigenvalue weighted by atomic mass is 10.1. The van der Waals surface area contributed by atoms with Crippen LogP contribution in [0.25, 0.3) is 22.1 Å². The van der Waals surface area contributed by atoms with E-state index in [9.17, 15) is 4.79 Å². The van der Waals surface area contributed by atoms with E-state index in [2.05, 4.69) is 0 Å². The number of methoxy groups -OCH3 is 2. The van der Waals surface area contributed by atoms with Crippen molar-refractivity contribution in [3.63, 3.8) is 0 Å². The van der Waals surface area contributed by atoms with Crippen molar-refractivity contribution in [1.29, 1.82) is 0 Å². The normalized spacial score (nSPS) is 10.6. The van der Waals surface area contributed by atoms with Gasteiger partial charge in [0.2, 0.25) is 0 Å². The lowest BCUT2D eigenvalue weighted by molar-refractivity contribution is 0.414. The molecule has 0 aliphatic rings. The fraction of sp³-hybridized carbons (Fsp3) is 0.118. The number of rotatable bonds is 3. The van der Waals surface area contributed by atoms with E-state index in [0.717, 1.165) is 10.9 Å². The minimum Gasteiger partial charge on any atom is -0.497 e. The summed E-state index contributed by atoms with van der Waals surface area (Å²) in [5, 5.41) is 0.841. The van der Waals surface area contributed by atoms with Crippen molar-refractivity contribution in [2.24, 2.45) is 0 Å². The predicted molar refractivity (Wildman–Crippen MR) is 81.0 cm³/mol. The van der Waals surface area contributed by atoms with Crippen LogP contribution >= 0.6 is 0 Å². The molecule has 0 bridgehead atoms. The first-order chi connectivity index (χ1) is 10.2. The molecule has 0 radical (unpaired) electrons. The number of hydrogen-bond acceptors (Lipinski definition) is 4. The fourth-order valence-corrected chi connectivity index (χ4v) is 2.21. The van der Waals surface area contributed by atoms with Gasteiger partial charge in [0.25, 0.3) is 0 Å². The van der Waals surface area contributed by atoms with Gasteiger partial charge in [-0.15, -0.1) is 0 Å². The van der Waals surface area contributed by atoms with Gasteiger partial charge in [0.1, 0.15) is 17.1 Å². The predicted octanol–water partition coefficient (Wildman–Crippen LogP) is 3.48. The third-order valence-electron chi connectivity index (χ3n) is 3.32. The van der Waals surface area contributed by atoms with Crippen LogP contribution in [0.1, 0.15) is 0 Å². The highest BCUT2D eigenvalue weighted by Crippen LogP contribution is 2.26. The molecular weight excluding hydrogens is 268 g/mol. The van der Waals surface area contributed by atoms with E-state index < -0.39 is 0 Å². The third kappa shape index (κ3) is 2.48. The summed E-state index contributed by atoms with van der Waals surface area (Å²) >= 11 is 0. The van der Waals surface area contributed by atoms with Gasteiger partial charge in [-0.3, -0.25) is 0 Å². The van der Waals surface area contributed by atoms with E-state index in [1.165, 1.54) is 0 Å². The lowest BCUT2D eigenvalue weighted by Crippen LogP contribution is -2.02. The standard InChI is InChI=1S/C17H14O4/c1-19-13-5-3-4-11(8-13)15-9-12-6-7-14(20-2)10-16(12)21-17(15)18/h3-10H,1-2H3. The summed E-state index contributed by atoms with van der Waals surface area (Å²) in [4.78, 5) is 12.2. The molecule has 3 aromatic rings. The fourth-order valence-electron chi connectivity index (χ4n) is 2.21. The number of fused-ring (bicyclic) bond motifs is 1. The van der Waals surface area contributed by atoms with E-state index in [-0.39, 0.29) is 5.63 Å². The second-order valence-corrected chi connectivity index (χ2v) is 4.58.